The van der Waals surface area contributed by atoms with E-state index in [0.717, 1.165) is 28.7 Å². The minimum atomic E-state index is -4.50. The lowest BCUT2D eigenvalue weighted by atomic mass is 10.1. The third-order valence-corrected chi connectivity index (χ3v) is 3.85. The van der Waals surface area contributed by atoms with Gasteiger partial charge in [0.05, 0.1) is 30.4 Å². The van der Waals surface area contributed by atoms with Crippen molar-refractivity contribution in [3.05, 3.63) is 64.7 Å². The summed E-state index contributed by atoms with van der Waals surface area (Å²) < 4.78 is 38.5. The van der Waals surface area contributed by atoms with Crippen molar-refractivity contribution in [2.24, 2.45) is 0 Å². The van der Waals surface area contributed by atoms with Crippen molar-refractivity contribution >= 4 is 23.2 Å². The van der Waals surface area contributed by atoms with Crippen LogP contribution in [0.1, 0.15) is 17.2 Å². The zero-order chi connectivity index (χ0) is 17.9. The van der Waals surface area contributed by atoms with Crippen LogP contribution in [0.3, 0.4) is 0 Å². The van der Waals surface area contributed by atoms with Crippen LogP contribution in [0.25, 0.3) is 0 Å². The first-order valence-corrected chi connectivity index (χ1v) is 7.60. The maximum Gasteiger partial charge on any atom is 0.416 e. The van der Waals surface area contributed by atoms with Crippen molar-refractivity contribution in [3.8, 4) is 0 Å². The molecule has 0 radical (unpaired) electrons. The molecule has 0 aliphatic carbocycles. The number of nitrogens with one attached hydrogen (secondary N) is 2. The van der Waals surface area contributed by atoms with E-state index in [0.29, 0.717) is 0 Å². The minimum absolute atomic E-state index is 0.0527. The quantitative estimate of drug-likeness (QED) is 0.865. The highest BCUT2D eigenvalue weighted by Crippen LogP contribution is 2.34. The lowest BCUT2D eigenvalue weighted by Gasteiger charge is -2.21. The average Bonchev–Trinajstić information content (AvgIpc) is 2.49. The Labute approximate surface area is 143 Å². The molecule has 2 rings (SSSR count). The number of anilines is 1. The summed E-state index contributed by atoms with van der Waals surface area (Å²) in [5, 5.41) is 2.56. The van der Waals surface area contributed by atoms with Crippen LogP contribution in [0.15, 0.2) is 48.5 Å². The zero-order valence-electron chi connectivity index (χ0n) is 13.1. The van der Waals surface area contributed by atoms with Crippen LogP contribution in [0.2, 0.25) is 5.02 Å². The molecule has 0 spiro atoms. The van der Waals surface area contributed by atoms with E-state index in [9.17, 15) is 18.0 Å². The van der Waals surface area contributed by atoms with Gasteiger partial charge < -0.3 is 10.2 Å². The lowest BCUT2D eigenvalue weighted by Crippen LogP contribution is -3.07. The molecule has 0 aromatic heterocycles. The van der Waals surface area contributed by atoms with Crippen LogP contribution in [-0.2, 0) is 11.0 Å². The highest BCUT2D eigenvalue weighted by atomic mass is 35.5. The Morgan fingerprint density at radius 1 is 1.12 bits per heavy atom. The smallest absolute Gasteiger partial charge is 0.326 e. The number of carbonyl (C=O) groups excluding carboxylic acids is 1. The first-order valence-electron chi connectivity index (χ1n) is 7.22. The summed E-state index contributed by atoms with van der Waals surface area (Å²) in [6.45, 7) is 0. The number of carbonyl (C=O) groups is 1. The Morgan fingerprint density at radius 3 is 2.29 bits per heavy atom. The molecule has 0 aliphatic rings. The fourth-order valence-electron chi connectivity index (χ4n) is 2.39. The van der Waals surface area contributed by atoms with Crippen LogP contribution >= 0.6 is 11.6 Å². The van der Waals surface area contributed by atoms with Crippen molar-refractivity contribution in [1.29, 1.82) is 0 Å². The molecule has 24 heavy (non-hydrogen) atoms. The molecule has 0 fully saturated rings. The monoisotopic (exact) mass is 357 g/mol. The van der Waals surface area contributed by atoms with E-state index >= 15 is 0 Å². The molecule has 0 aliphatic heterocycles. The number of halogens is 4. The summed E-state index contributed by atoms with van der Waals surface area (Å²) in [5.74, 6) is -0.428. The van der Waals surface area contributed by atoms with Crippen LogP contribution in [0.4, 0.5) is 18.9 Å². The molecule has 0 bridgehead atoms. The van der Waals surface area contributed by atoms with Gasteiger partial charge in [-0.05, 0) is 18.2 Å². The molecule has 128 valence electrons. The average molecular weight is 358 g/mol. The van der Waals surface area contributed by atoms with Crippen molar-refractivity contribution in [1.82, 2.24) is 0 Å². The van der Waals surface area contributed by atoms with E-state index in [1.54, 1.807) is 38.4 Å². The summed E-state index contributed by atoms with van der Waals surface area (Å²) in [5.41, 5.74) is -0.160. The third-order valence-electron chi connectivity index (χ3n) is 3.52. The van der Waals surface area contributed by atoms with E-state index in [1.165, 1.54) is 0 Å². The van der Waals surface area contributed by atoms with Crippen LogP contribution in [0.5, 0.6) is 0 Å². The second-order valence-corrected chi connectivity index (χ2v) is 6.01. The molecule has 0 saturated heterocycles. The molecule has 7 heteroatoms. The van der Waals surface area contributed by atoms with Gasteiger partial charge in [0.25, 0.3) is 5.91 Å². The Morgan fingerprint density at radius 2 is 1.75 bits per heavy atom. The summed E-state index contributed by atoms with van der Waals surface area (Å²) in [6.07, 6.45) is -4.50. The van der Waals surface area contributed by atoms with Crippen LogP contribution in [0, 0.1) is 0 Å². The first kappa shape index (κ1) is 18.3. The predicted molar refractivity (Wildman–Crippen MR) is 87.1 cm³/mol. The van der Waals surface area contributed by atoms with Crippen molar-refractivity contribution in [3.63, 3.8) is 0 Å². The molecule has 2 aromatic rings. The van der Waals surface area contributed by atoms with Gasteiger partial charge in [-0.15, -0.1) is 0 Å². The summed E-state index contributed by atoms with van der Waals surface area (Å²) >= 11 is 5.93. The van der Waals surface area contributed by atoms with Gasteiger partial charge in [-0.2, -0.15) is 13.2 Å². The standard InChI is InChI=1S/C17H16ClF3N2O/c1-23(2)15(11-6-4-3-5-7-11)16(24)22-14-10-12(17(19,20)21)8-9-13(14)18/h3-10,15H,1-2H3,(H,22,24)/p+1/t15-/m1/s1. The van der Waals surface area contributed by atoms with Crippen molar-refractivity contribution < 1.29 is 22.9 Å². The van der Waals surface area contributed by atoms with Crippen molar-refractivity contribution in [2.75, 3.05) is 19.4 Å². The number of hydrogen-bond donors (Lipinski definition) is 2. The Kier molecular flexibility index (Phi) is 5.51. The van der Waals surface area contributed by atoms with Gasteiger partial charge in [-0.25, -0.2) is 0 Å². The normalized spacial score (nSPS) is 13.0. The van der Waals surface area contributed by atoms with Gasteiger partial charge in [-0.1, -0.05) is 41.9 Å². The number of amides is 1. The first-order chi connectivity index (χ1) is 11.2. The van der Waals surface area contributed by atoms with Crippen LogP contribution in [-0.4, -0.2) is 20.0 Å². The van der Waals surface area contributed by atoms with E-state index in [4.69, 9.17) is 11.6 Å². The molecule has 0 saturated carbocycles. The second-order valence-electron chi connectivity index (χ2n) is 5.60. The topological polar surface area (TPSA) is 33.5 Å². The third kappa shape index (κ3) is 4.27. The van der Waals surface area contributed by atoms with E-state index in [-0.39, 0.29) is 10.7 Å². The number of alkyl halides is 3. The van der Waals surface area contributed by atoms with Crippen LogP contribution < -0.4 is 10.2 Å². The molecular weight excluding hydrogens is 341 g/mol. The highest BCUT2D eigenvalue weighted by molar-refractivity contribution is 6.33. The van der Waals surface area contributed by atoms with Gasteiger partial charge in [-0.3, -0.25) is 4.79 Å². The zero-order valence-corrected chi connectivity index (χ0v) is 13.9. The number of likely N-dealkylation sites (N-methyl/N-ethyl adjacent to an activating group) is 1. The van der Waals surface area contributed by atoms with Gasteiger partial charge in [0.2, 0.25) is 0 Å². The van der Waals surface area contributed by atoms with Gasteiger partial charge in [0, 0.05) is 5.56 Å². The molecular formula is C17H17ClF3N2O+. The largest absolute Gasteiger partial charge is 0.416 e. The Bertz CT molecular complexity index is 718. The van der Waals surface area contributed by atoms with Gasteiger partial charge in [0.1, 0.15) is 0 Å². The number of hydrogen-bond acceptors (Lipinski definition) is 1. The van der Waals surface area contributed by atoms with E-state index < -0.39 is 23.7 Å². The fourth-order valence-corrected chi connectivity index (χ4v) is 2.56. The lowest BCUT2D eigenvalue weighted by molar-refractivity contribution is -0.881. The summed E-state index contributed by atoms with van der Waals surface area (Å²) in [7, 11) is 3.59. The molecule has 0 unspecified atom stereocenters. The molecule has 1 amide bonds. The summed E-state index contributed by atoms with van der Waals surface area (Å²) in [6, 6.07) is 11.3. The maximum absolute atomic E-state index is 12.8. The molecule has 1 atom stereocenters. The molecule has 2 aromatic carbocycles. The number of rotatable bonds is 4. The second kappa shape index (κ2) is 7.23. The number of benzene rings is 2. The number of quaternary nitrogens is 1. The highest BCUT2D eigenvalue weighted by Gasteiger charge is 2.32. The van der Waals surface area contributed by atoms with Gasteiger partial charge >= 0.3 is 6.18 Å². The fraction of sp³-hybridized carbons (Fsp3) is 0.235. The van der Waals surface area contributed by atoms with Crippen molar-refractivity contribution in [2.45, 2.75) is 12.2 Å². The molecule has 3 nitrogen and oxygen atoms in total. The predicted octanol–water partition coefficient (Wildman–Crippen LogP) is 3.18. The van der Waals surface area contributed by atoms with Gasteiger partial charge in [0.15, 0.2) is 6.04 Å². The molecule has 0 heterocycles. The van der Waals surface area contributed by atoms with E-state index in [1.807, 2.05) is 6.07 Å². The Hall–Kier alpha value is -2.05. The Balaban J connectivity index is 2.31. The minimum Gasteiger partial charge on any atom is -0.326 e. The maximum atomic E-state index is 12.8. The SMILES string of the molecule is C[NH+](C)[C@@H](C(=O)Nc1cc(C(F)(F)F)ccc1Cl)c1ccccc1. The van der Waals surface area contributed by atoms with E-state index in [2.05, 4.69) is 5.32 Å². The summed E-state index contributed by atoms with van der Waals surface area (Å²) in [4.78, 5) is 13.4. The molecule has 2 N–H and O–H groups in total.